The highest BCUT2D eigenvalue weighted by atomic mass is 19.4. The number of hydrogen-bond donors (Lipinski definition) is 1. The molecule has 5 heteroatoms. The van der Waals surface area contributed by atoms with Gasteiger partial charge in [-0.3, -0.25) is 0 Å². The van der Waals surface area contributed by atoms with Gasteiger partial charge in [0.1, 0.15) is 0 Å². The Morgan fingerprint density at radius 2 is 1.89 bits per heavy atom. The number of rotatable bonds is 4. The summed E-state index contributed by atoms with van der Waals surface area (Å²) in [6.07, 6.45) is -4.32. The first-order valence-corrected chi connectivity index (χ1v) is 5.87. The lowest BCUT2D eigenvalue weighted by Crippen LogP contribution is -2.24. The fourth-order valence-electron chi connectivity index (χ4n) is 1.94. The lowest BCUT2D eigenvalue weighted by atomic mass is 10.1. The fourth-order valence-corrected chi connectivity index (χ4v) is 1.94. The zero-order chi connectivity index (χ0) is 13.9. The van der Waals surface area contributed by atoms with Crippen molar-refractivity contribution in [1.82, 2.24) is 0 Å². The van der Waals surface area contributed by atoms with Crippen molar-refractivity contribution in [2.45, 2.75) is 26.6 Å². The predicted molar refractivity (Wildman–Crippen MR) is 67.4 cm³/mol. The van der Waals surface area contributed by atoms with Gasteiger partial charge in [-0.1, -0.05) is 13.8 Å². The third kappa shape index (κ3) is 3.63. The van der Waals surface area contributed by atoms with Gasteiger partial charge in [0.15, 0.2) is 0 Å². The third-order valence-electron chi connectivity index (χ3n) is 2.68. The molecular weight excluding hydrogens is 241 g/mol. The molecule has 0 bridgehead atoms. The monoisotopic (exact) mass is 260 g/mol. The SMILES string of the molecule is CC(C)CN(C)c1ccc(C(F)(F)F)cc1CN. The molecule has 0 aliphatic rings. The van der Waals surface area contributed by atoms with Gasteiger partial charge in [0.25, 0.3) is 0 Å². The molecule has 0 radical (unpaired) electrons. The Balaban J connectivity index is 3.07. The quantitative estimate of drug-likeness (QED) is 0.900. The van der Waals surface area contributed by atoms with E-state index in [0.717, 1.165) is 24.4 Å². The maximum absolute atomic E-state index is 12.6. The Kier molecular flexibility index (Phi) is 4.62. The number of nitrogens with zero attached hydrogens (tertiary/aromatic N) is 1. The Bertz CT molecular complexity index is 400. The molecule has 0 aliphatic heterocycles. The molecule has 0 heterocycles. The van der Waals surface area contributed by atoms with E-state index in [-0.39, 0.29) is 6.54 Å². The van der Waals surface area contributed by atoms with Gasteiger partial charge >= 0.3 is 6.18 Å². The summed E-state index contributed by atoms with van der Waals surface area (Å²) in [5, 5.41) is 0. The Labute approximate surface area is 106 Å². The molecule has 1 rings (SSSR count). The van der Waals surface area contributed by atoms with Gasteiger partial charge in [-0.2, -0.15) is 13.2 Å². The molecule has 0 saturated carbocycles. The minimum atomic E-state index is -4.32. The van der Waals surface area contributed by atoms with Crippen molar-refractivity contribution < 1.29 is 13.2 Å². The van der Waals surface area contributed by atoms with E-state index >= 15 is 0 Å². The van der Waals surface area contributed by atoms with Crippen molar-refractivity contribution in [2.24, 2.45) is 11.7 Å². The molecule has 2 nitrogen and oxygen atoms in total. The van der Waals surface area contributed by atoms with Gasteiger partial charge in [-0.05, 0) is 29.7 Å². The Hall–Kier alpha value is -1.23. The van der Waals surface area contributed by atoms with Gasteiger partial charge in [-0.15, -0.1) is 0 Å². The number of nitrogens with two attached hydrogens (primary N) is 1. The highest BCUT2D eigenvalue weighted by Gasteiger charge is 2.31. The second-order valence-electron chi connectivity index (χ2n) is 4.82. The normalized spacial score (nSPS) is 12.0. The van der Waals surface area contributed by atoms with Crippen molar-refractivity contribution >= 4 is 5.69 Å². The number of hydrogen-bond acceptors (Lipinski definition) is 2. The van der Waals surface area contributed by atoms with Crippen LogP contribution in [0.25, 0.3) is 0 Å². The summed E-state index contributed by atoms with van der Waals surface area (Å²) in [4.78, 5) is 1.94. The molecule has 102 valence electrons. The molecule has 0 atom stereocenters. The maximum Gasteiger partial charge on any atom is 0.416 e. The standard InChI is InChI=1S/C13H19F3N2/c1-9(2)8-18(3)12-5-4-11(13(14,15)16)6-10(12)7-17/h4-6,9H,7-8,17H2,1-3H3. The topological polar surface area (TPSA) is 29.3 Å². The highest BCUT2D eigenvalue weighted by molar-refractivity contribution is 5.55. The molecule has 18 heavy (non-hydrogen) atoms. The Morgan fingerprint density at radius 3 is 2.33 bits per heavy atom. The number of benzene rings is 1. The molecule has 0 amide bonds. The van der Waals surface area contributed by atoms with Crippen LogP contribution in [0.4, 0.5) is 18.9 Å². The van der Waals surface area contributed by atoms with E-state index in [1.807, 2.05) is 11.9 Å². The first-order valence-electron chi connectivity index (χ1n) is 5.87. The number of halogens is 3. The summed E-state index contributed by atoms with van der Waals surface area (Å²) in [5.41, 5.74) is 6.17. The van der Waals surface area contributed by atoms with Crippen LogP contribution < -0.4 is 10.6 Å². The van der Waals surface area contributed by atoms with Gasteiger partial charge < -0.3 is 10.6 Å². The molecule has 0 unspecified atom stereocenters. The van der Waals surface area contributed by atoms with Crippen LogP contribution in [0.15, 0.2) is 18.2 Å². The molecular formula is C13H19F3N2. The predicted octanol–water partition coefficient (Wildman–Crippen LogP) is 3.26. The zero-order valence-corrected chi connectivity index (χ0v) is 10.9. The van der Waals surface area contributed by atoms with E-state index in [9.17, 15) is 13.2 Å². The van der Waals surface area contributed by atoms with Crippen molar-refractivity contribution in [3.05, 3.63) is 29.3 Å². The average molecular weight is 260 g/mol. The van der Waals surface area contributed by atoms with E-state index in [2.05, 4.69) is 13.8 Å². The first-order chi connectivity index (χ1) is 8.25. The van der Waals surface area contributed by atoms with Crippen molar-refractivity contribution in [2.75, 3.05) is 18.5 Å². The van der Waals surface area contributed by atoms with E-state index in [1.165, 1.54) is 6.07 Å². The molecule has 2 N–H and O–H groups in total. The van der Waals surface area contributed by atoms with Crippen LogP contribution in [0.3, 0.4) is 0 Å². The minimum absolute atomic E-state index is 0.0989. The first kappa shape index (κ1) is 14.8. The summed E-state index contributed by atoms with van der Waals surface area (Å²) in [6.45, 7) is 4.99. The molecule has 0 aromatic heterocycles. The minimum Gasteiger partial charge on any atom is -0.374 e. The van der Waals surface area contributed by atoms with Crippen molar-refractivity contribution in [3.63, 3.8) is 0 Å². The second kappa shape index (κ2) is 5.61. The zero-order valence-electron chi connectivity index (χ0n) is 10.9. The summed E-state index contributed by atoms with van der Waals surface area (Å²) in [7, 11) is 1.86. The van der Waals surface area contributed by atoms with Crippen molar-refractivity contribution in [3.8, 4) is 0 Å². The van der Waals surface area contributed by atoms with Crippen LogP contribution in [0, 0.1) is 5.92 Å². The summed E-state index contributed by atoms with van der Waals surface area (Å²) < 4.78 is 37.8. The highest BCUT2D eigenvalue weighted by Crippen LogP contribution is 2.32. The molecule has 0 aliphatic carbocycles. The van der Waals surface area contributed by atoms with E-state index < -0.39 is 11.7 Å². The summed E-state index contributed by atoms with van der Waals surface area (Å²) in [5.74, 6) is 0.433. The van der Waals surface area contributed by atoms with E-state index in [0.29, 0.717) is 11.5 Å². The van der Waals surface area contributed by atoms with E-state index in [4.69, 9.17) is 5.73 Å². The van der Waals surface area contributed by atoms with Gasteiger partial charge in [-0.25, -0.2) is 0 Å². The van der Waals surface area contributed by atoms with Crippen molar-refractivity contribution in [1.29, 1.82) is 0 Å². The van der Waals surface area contributed by atoms with Crippen LogP contribution in [0.1, 0.15) is 25.0 Å². The van der Waals surface area contributed by atoms with Crippen LogP contribution in [0.2, 0.25) is 0 Å². The van der Waals surface area contributed by atoms with E-state index in [1.54, 1.807) is 0 Å². The van der Waals surface area contributed by atoms with Crippen LogP contribution >= 0.6 is 0 Å². The second-order valence-corrected chi connectivity index (χ2v) is 4.82. The van der Waals surface area contributed by atoms with Gasteiger partial charge in [0.05, 0.1) is 5.56 Å². The summed E-state index contributed by atoms with van der Waals surface area (Å²) >= 11 is 0. The lowest BCUT2D eigenvalue weighted by molar-refractivity contribution is -0.137. The van der Waals surface area contributed by atoms with Crippen LogP contribution in [0.5, 0.6) is 0 Å². The fraction of sp³-hybridized carbons (Fsp3) is 0.538. The lowest BCUT2D eigenvalue weighted by Gasteiger charge is -2.24. The average Bonchev–Trinajstić information content (AvgIpc) is 2.26. The maximum atomic E-state index is 12.6. The van der Waals surface area contributed by atoms with Gasteiger partial charge in [0, 0.05) is 25.8 Å². The van der Waals surface area contributed by atoms with Gasteiger partial charge in [0.2, 0.25) is 0 Å². The largest absolute Gasteiger partial charge is 0.416 e. The molecule has 1 aromatic rings. The summed E-state index contributed by atoms with van der Waals surface area (Å²) in [6, 6.07) is 3.73. The number of alkyl halides is 3. The molecule has 1 aromatic carbocycles. The van der Waals surface area contributed by atoms with Crippen LogP contribution in [-0.4, -0.2) is 13.6 Å². The molecule has 0 spiro atoms. The third-order valence-corrected chi connectivity index (χ3v) is 2.68. The smallest absolute Gasteiger partial charge is 0.374 e. The van der Waals surface area contributed by atoms with Crippen LogP contribution in [-0.2, 0) is 12.7 Å². The molecule has 0 fully saturated rings. The number of anilines is 1. The Morgan fingerprint density at radius 1 is 1.28 bits per heavy atom. The molecule has 0 saturated heterocycles.